The quantitative estimate of drug-likeness (QED) is 0.271. The van der Waals surface area contributed by atoms with Gasteiger partial charge in [-0.3, -0.25) is 14.5 Å². The lowest BCUT2D eigenvalue weighted by atomic mass is 10.1. The number of ether oxygens (including phenoxy) is 1. The van der Waals surface area contributed by atoms with Gasteiger partial charge in [0.25, 0.3) is 0 Å². The van der Waals surface area contributed by atoms with Crippen LogP contribution in [-0.4, -0.2) is 53.6 Å². The predicted molar refractivity (Wildman–Crippen MR) is 173 cm³/mol. The first kappa shape index (κ1) is 32.0. The molecule has 2 aliphatic heterocycles. The number of benzene rings is 3. The van der Waals surface area contributed by atoms with Crippen LogP contribution < -0.4 is 20.9 Å². The maximum Gasteiger partial charge on any atom is 0.410 e. The third kappa shape index (κ3) is 8.82. The summed E-state index contributed by atoms with van der Waals surface area (Å²) in [5.74, 6) is -0.558. The molecule has 2 saturated heterocycles. The van der Waals surface area contributed by atoms with E-state index in [0.717, 1.165) is 48.3 Å². The SMILES string of the molecule is CC(C)(C)OC(=O)N1CCCC1C(=O)Nc1ccc(CN(Cc2ccc(NC(=O)[C@@H]3CCCN3)cc2)c2ccc(F)cc2)cc1. The average Bonchev–Trinajstić information content (AvgIpc) is 3.72. The van der Waals surface area contributed by atoms with Crippen LogP contribution in [0.15, 0.2) is 72.8 Å². The fourth-order valence-electron chi connectivity index (χ4n) is 5.66. The zero-order chi connectivity index (χ0) is 32.0. The molecule has 3 N–H and O–H groups in total. The number of amides is 3. The van der Waals surface area contributed by atoms with Gasteiger partial charge in [-0.2, -0.15) is 0 Å². The second kappa shape index (κ2) is 14.1. The Morgan fingerprint density at radius 3 is 1.96 bits per heavy atom. The Bertz CT molecular complexity index is 1470. The zero-order valence-corrected chi connectivity index (χ0v) is 26.1. The molecule has 10 heteroatoms. The summed E-state index contributed by atoms with van der Waals surface area (Å²) in [5.41, 5.74) is 3.65. The van der Waals surface area contributed by atoms with Crippen molar-refractivity contribution in [3.05, 3.63) is 89.7 Å². The molecule has 3 aromatic rings. The van der Waals surface area contributed by atoms with Crippen molar-refractivity contribution in [1.29, 1.82) is 0 Å². The van der Waals surface area contributed by atoms with Gasteiger partial charge in [-0.25, -0.2) is 9.18 Å². The number of carbonyl (C=O) groups excluding carboxylic acids is 3. The fraction of sp³-hybridized carbons (Fsp3) is 0.400. The third-order valence-corrected chi connectivity index (χ3v) is 7.94. The lowest BCUT2D eigenvalue weighted by molar-refractivity contribution is -0.120. The van der Waals surface area contributed by atoms with Crippen LogP contribution in [0, 0.1) is 5.82 Å². The molecule has 2 atom stereocenters. The molecular weight excluding hydrogens is 573 g/mol. The Hall–Kier alpha value is -4.44. The first-order valence-electron chi connectivity index (χ1n) is 15.6. The van der Waals surface area contributed by atoms with Gasteiger partial charge in [0.15, 0.2) is 0 Å². The molecule has 2 aliphatic rings. The normalized spacial score (nSPS) is 18.0. The van der Waals surface area contributed by atoms with Crippen LogP contribution in [-0.2, 0) is 27.4 Å². The van der Waals surface area contributed by atoms with E-state index in [2.05, 4.69) is 20.9 Å². The minimum Gasteiger partial charge on any atom is -0.444 e. The number of nitrogens with one attached hydrogen (secondary N) is 3. The van der Waals surface area contributed by atoms with E-state index in [9.17, 15) is 18.8 Å². The van der Waals surface area contributed by atoms with Crippen molar-refractivity contribution in [1.82, 2.24) is 10.2 Å². The minimum atomic E-state index is -0.633. The second-order valence-corrected chi connectivity index (χ2v) is 12.7. The first-order valence-corrected chi connectivity index (χ1v) is 15.6. The van der Waals surface area contributed by atoms with Crippen molar-refractivity contribution in [2.75, 3.05) is 28.6 Å². The van der Waals surface area contributed by atoms with Gasteiger partial charge >= 0.3 is 6.09 Å². The lowest BCUT2D eigenvalue weighted by Crippen LogP contribution is -2.45. The Labute approximate surface area is 264 Å². The summed E-state index contributed by atoms with van der Waals surface area (Å²) in [4.78, 5) is 41.8. The highest BCUT2D eigenvalue weighted by Gasteiger charge is 2.36. The van der Waals surface area contributed by atoms with Gasteiger partial charge in [-0.15, -0.1) is 0 Å². The number of likely N-dealkylation sites (tertiary alicyclic amines) is 1. The molecule has 2 heterocycles. The highest BCUT2D eigenvalue weighted by molar-refractivity contribution is 5.97. The molecule has 2 fully saturated rings. The Morgan fingerprint density at radius 2 is 1.42 bits per heavy atom. The van der Waals surface area contributed by atoms with Gasteiger partial charge in [0.1, 0.15) is 17.5 Å². The van der Waals surface area contributed by atoms with Crippen LogP contribution in [0.25, 0.3) is 0 Å². The molecule has 0 saturated carbocycles. The monoisotopic (exact) mass is 615 g/mol. The van der Waals surface area contributed by atoms with Gasteiger partial charge in [0, 0.05) is 36.7 Å². The number of halogens is 1. The van der Waals surface area contributed by atoms with Gasteiger partial charge in [-0.1, -0.05) is 24.3 Å². The van der Waals surface area contributed by atoms with E-state index < -0.39 is 17.7 Å². The third-order valence-electron chi connectivity index (χ3n) is 7.94. The van der Waals surface area contributed by atoms with E-state index in [0.29, 0.717) is 31.7 Å². The van der Waals surface area contributed by atoms with E-state index in [1.165, 1.54) is 17.0 Å². The topological polar surface area (TPSA) is 103 Å². The van der Waals surface area contributed by atoms with E-state index >= 15 is 0 Å². The molecule has 0 aromatic heterocycles. The Balaban J connectivity index is 1.22. The van der Waals surface area contributed by atoms with Crippen LogP contribution in [0.3, 0.4) is 0 Å². The standard InChI is InChI=1S/C35H42FN5O4/c1-35(2,3)45-34(44)41-21-5-7-31(41)33(43)39-28-16-10-25(11-17-28)23-40(29-18-12-26(36)13-19-29)22-24-8-14-27(15-9-24)38-32(42)30-6-4-20-37-30/h8-19,30-31,37H,4-7,20-23H2,1-3H3,(H,38,42)(H,39,43)/t30-,31?/m0/s1. The highest BCUT2D eigenvalue weighted by atomic mass is 19.1. The highest BCUT2D eigenvalue weighted by Crippen LogP contribution is 2.25. The fourth-order valence-corrected chi connectivity index (χ4v) is 5.66. The van der Waals surface area contributed by atoms with E-state index in [-0.39, 0.29) is 23.7 Å². The zero-order valence-electron chi connectivity index (χ0n) is 26.1. The van der Waals surface area contributed by atoms with Crippen molar-refractivity contribution in [2.45, 2.75) is 77.2 Å². The maximum atomic E-state index is 13.7. The van der Waals surface area contributed by atoms with Gasteiger partial charge in [-0.05, 0) is 113 Å². The molecule has 5 rings (SSSR count). The molecule has 0 bridgehead atoms. The van der Waals surface area contributed by atoms with Crippen molar-refractivity contribution in [3.63, 3.8) is 0 Å². The molecule has 0 aliphatic carbocycles. The largest absolute Gasteiger partial charge is 0.444 e. The lowest BCUT2D eigenvalue weighted by Gasteiger charge is -2.28. The van der Waals surface area contributed by atoms with E-state index in [4.69, 9.17) is 4.74 Å². The Morgan fingerprint density at radius 1 is 0.844 bits per heavy atom. The molecule has 3 aromatic carbocycles. The maximum absolute atomic E-state index is 13.7. The predicted octanol–water partition coefficient (Wildman–Crippen LogP) is 6.06. The van der Waals surface area contributed by atoms with Crippen molar-refractivity contribution < 1.29 is 23.5 Å². The summed E-state index contributed by atoms with van der Waals surface area (Å²) in [7, 11) is 0. The average molecular weight is 616 g/mol. The van der Waals surface area contributed by atoms with Gasteiger partial charge in [0.2, 0.25) is 11.8 Å². The summed E-state index contributed by atoms with van der Waals surface area (Å²) in [5, 5.41) is 9.14. The number of rotatable bonds is 9. The summed E-state index contributed by atoms with van der Waals surface area (Å²) >= 11 is 0. The molecule has 45 heavy (non-hydrogen) atoms. The van der Waals surface area contributed by atoms with Crippen LogP contribution in [0.4, 0.5) is 26.2 Å². The Kier molecular flexibility index (Phi) is 10.0. The second-order valence-electron chi connectivity index (χ2n) is 12.7. The van der Waals surface area contributed by atoms with Gasteiger partial charge in [0.05, 0.1) is 6.04 Å². The number of hydrogen-bond acceptors (Lipinski definition) is 6. The number of anilines is 3. The molecule has 3 amide bonds. The molecule has 9 nitrogen and oxygen atoms in total. The summed E-state index contributed by atoms with van der Waals surface area (Å²) in [6, 6.07) is 21.0. The minimum absolute atomic E-state index is 0.0172. The van der Waals surface area contributed by atoms with Crippen molar-refractivity contribution in [3.8, 4) is 0 Å². The van der Waals surface area contributed by atoms with Crippen molar-refractivity contribution in [2.24, 2.45) is 0 Å². The van der Waals surface area contributed by atoms with E-state index in [1.54, 1.807) is 12.1 Å². The summed E-state index contributed by atoms with van der Waals surface area (Å²) in [6.07, 6.45) is 2.70. The number of hydrogen-bond donors (Lipinski definition) is 3. The number of carbonyl (C=O) groups is 3. The smallest absolute Gasteiger partial charge is 0.410 e. The van der Waals surface area contributed by atoms with Gasteiger partial charge < -0.3 is 25.6 Å². The molecule has 238 valence electrons. The summed E-state index contributed by atoms with van der Waals surface area (Å²) < 4.78 is 19.2. The van der Waals surface area contributed by atoms with Crippen LogP contribution >= 0.6 is 0 Å². The van der Waals surface area contributed by atoms with E-state index in [1.807, 2.05) is 69.3 Å². The number of nitrogens with zero attached hydrogens (tertiary/aromatic N) is 2. The molecule has 0 radical (unpaired) electrons. The molecule has 1 unspecified atom stereocenters. The molecular formula is C35H42FN5O4. The molecule has 0 spiro atoms. The first-order chi connectivity index (χ1) is 21.5. The van der Waals surface area contributed by atoms with Crippen LogP contribution in [0.1, 0.15) is 57.6 Å². The van der Waals surface area contributed by atoms with Crippen LogP contribution in [0.2, 0.25) is 0 Å². The van der Waals surface area contributed by atoms with Crippen molar-refractivity contribution >= 4 is 35.0 Å². The van der Waals surface area contributed by atoms with Crippen LogP contribution in [0.5, 0.6) is 0 Å². The summed E-state index contributed by atoms with van der Waals surface area (Å²) in [6.45, 7) is 7.88.